The zero-order valence-corrected chi connectivity index (χ0v) is 22.0. The fraction of sp³-hybridized carbons (Fsp3) is 0. The summed E-state index contributed by atoms with van der Waals surface area (Å²) in [5, 5.41) is 6.22. The van der Waals surface area contributed by atoms with Crippen LogP contribution in [-0.2, 0) is 0 Å². The molecule has 0 N–H and O–H groups in total. The Labute approximate surface area is 230 Å². The Morgan fingerprint density at radius 3 is 1.82 bits per heavy atom. The summed E-state index contributed by atoms with van der Waals surface area (Å²) in [7, 11) is 0. The second-order valence-electron chi connectivity index (χ2n) is 9.96. The van der Waals surface area contributed by atoms with Crippen molar-refractivity contribution in [1.29, 1.82) is 0 Å². The largest absolute Gasteiger partial charge is 0.256 e. The average Bonchev–Trinajstić information content (AvgIpc) is 3.40. The lowest BCUT2D eigenvalue weighted by Gasteiger charge is -2.11. The van der Waals surface area contributed by atoms with Crippen molar-refractivity contribution in [3.8, 4) is 33.4 Å². The van der Waals surface area contributed by atoms with Crippen LogP contribution in [0.1, 0.15) is 0 Å². The van der Waals surface area contributed by atoms with Gasteiger partial charge in [-0.2, -0.15) is 0 Å². The van der Waals surface area contributed by atoms with Gasteiger partial charge in [-0.25, -0.2) is 0 Å². The van der Waals surface area contributed by atoms with E-state index in [1.54, 1.807) is 0 Å². The van der Waals surface area contributed by atoms with E-state index >= 15 is 0 Å². The van der Waals surface area contributed by atoms with E-state index in [1.165, 1.54) is 64.3 Å². The van der Waals surface area contributed by atoms with E-state index in [4.69, 9.17) is 4.98 Å². The molecule has 0 unspecified atom stereocenters. The second kappa shape index (κ2) is 8.90. The van der Waals surface area contributed by atoms with Crippen molar-refractivity contribution in [1.82, 2.24) is 4.98 Å². The Bertz CT molecular complexity index is 2170. The number of hydrogen-bond donors (Lipinski definition) is 0. The molecule has 0 bridgehead atoms. The average molecular weight is 514 g/mol. The molecule has 1 nitrogen and oxygen atoms in total. The molecule has 0 fully saturated rings. The van der Waals surface area contributed by atoms with E-state index < -0.39 is 0 Å². The Morgan fingerprint density at radius 1 is 0.436 bits per heavy atom. The molecule has 39 heavy (non-hydrogen) atoms. The zero-order valence-electron chi connectivity index (χ0n) is 21.1. The summed E-state index contributed by atoms with van der Waals surface area (Å²) in [5.41, 5.74) is 8.54. The van der Waals surface area contributed by atoms with Crippen LogP contribution in [0.4, 0.5) is 0 Å². The van der Waals surface area contributed by atoms with Crippen LogP contribution in [-0.4, -0.2) is 4.98 Å². The minimum atomic E-state index is 1.05. The van der Waals surface area contributed by atoms with Gasteiger partial charge in [0.05, 0.1) is 5.52 Å². The molecule has 0 aliphatic heterocycles. The van der Waals surface area contributed by atoms with E-state index in [1.807, 2.05) is 23.6 Å². The SMILES string of the molecule is c1ccc(-c2cccc3c2sc2c(-c4cccc(-c5cccc6ccc7cccnc7c56)c4)cccc23)cc1. The van der Waals surface area contributed by atoms with Gasteiger partial charge < -0.3 is 0 Å². The van der Waals surface area contributed by atoms with E-state index in [0.717, 1.165) is 10.9 Å². The van der Waals surface area contributed by atoms with Crippen LogP contribution in [0.5, 0.6) is 0 Å². The molecule has 182 valence electrons. The lowest BCUT2D eigenvalue weighted by atomic mass is 9.93. The molecule has 0 aliphatic carbocycles. The van der Waals surface area contributed by atoms with Gasteiger partial charge in [0.2, 0.25) is 0 Å². The van der Waals surface area contributed by atoms with Crippen molar-refractivity contribution >= 4 is 53.2 Å². The van der Waals surface area contributed by atoms with Gasteiger partial charge in [0.15, 0.2) is 0 Å². The van der Waals surface area contributed by atoms with Crippen molar-refractivity contribution in [2.24, 2.45) is 0 Å². The predicted molar refractivity (Wildman–Crippen MR) is 168 cm³/mol. The van der Waals surface area contributed by atoms with Gasteiger partial charge in [0.1, 0.15) is 0 Å². The van der Waals surface area contributed by atoms with E-state index in [-0.39, 0.29) is 0 Å². The van der Waals surface area contributed by atoms with Crippen LogP contribution in [0, 0.1) is 0 Å². The molecule has 0 saturated carbocycles. The van der Waals surface area contributed by atoms with Gasteiger partial charge in [-0.15, -0.1) is 11.3 Å². The topological polar surface area (TPSA) is 12.9 Å². The maximum absolute atomic E-state index is 4.78. The first-order chi connectivity index (χ1) is 19.3. The molecule has 6 aromatic carbocycles. The summed E-state index contributed by atoms with van der Waals surface area (Å²) >= 11 is 1.90. The van der Waals surface area contributed by atoms with Crippen LogP contribution in [0.15, 0.2) is 140 Å². The Kier molecular flexibility index (Phi) is 5.07. The third-order valence-electron chi connectivity index (χ3n) is 7.71. The van der Waals surface area contributed by atoms with Gasteiger partial charge in [-0.1, -0.05) is 121 Å². The smallest absolute Gasteiger partial charge is 0.0786 e. The number of rotatable bonds is 3. The molecule has 0 atom stereocenters. The maximum atomic E-state index is 4.78. The molecule has 0 spiro atoms. The highest BCUT2D eigenvalue weighted by Crippen LogP contribution is 2.44. The lowest BCUT2D eigenvalue weighted by Crippen LogP contribution is -1.87. The standard InChI is InChI=1S/C37H23NS/c1-2-9-24(10-3-1)30-16-6-18-32-33-19-7-17-31(37(33)39-36(30)32)28-13-4-12-27(23-28)29-15-5-11-25-20-21-26-14-8-22-38-35(26)34(25)29/h1-23H. The normalized spacial score (nSPS) is 11.6. The van der Waals surface area contributed by atoms with E-state index in [0.29, 0.717) is 0 Å². The highest BCUT2D eigenvalue weighted by atomic mass is 32.1. The fourth-order valence-electron chi connectivity index (χ4n) is 5.90. The highest BCUT2D eigenvalue weighted by Gasteiger charge is 2.15. The minimum absolute atomic E-state index is 1.05. The summed E-state index contributed by atoms with van der Waals surface area (Å²) in [6.07, 6.45) is 1.89. The van der Waals surface area contributed by atoms with Crippen molar-refractivity contribution in [3.63, 3.8) is 0 Å². The molecule has 2 aromatic heterocycles. The molecule has 0 amide bonds. The van der Waals surface area contributed by atoms with Crippen molar-refractivity contribution in [2.45, 2.75) is 0 Å². The molecule has 8 rings (SSSR count). The van der Waals surface area contributed by atoms with Crippen molar-refractivity contribution in [2.75, 3.05) is 0 Å². The molecule has 0 saturated heterocycles. The summed E-state index contributed by atoms with van der Waals surface area (Å²) in [6.45, 7) is 0. The van der Waals surface area contributed by atoms with Crippen LogP contribution in [0.25, 0.3) is 75.2 Å². The molecule has 0 aliphatic rings. The van der Waals surface area contributed by atoms with Crippen LogP contribution >= 0.6 is 11.3 Å². The van der Waals surface area contributed by atoms with Gasteiger partial charge >= 0.3 is 0 Å². The number of hydrogen-bond acceptors (Lipinski definition) is 2. The summed E-state index contributed by atoms with van der Waals surface area (Å²) < 4.78 is 2.67. The summed E-state index contributed by atoms with van der Waals surface area (Å²) in [6, 6.07) is 48.2. The van der Waals surface area contributed by atoms with Crippen molar-refractivity contribution < 1.29 is 0 Å². The van der Waals surface area contributed by atoms with Gasteiger partial charge in [0, 0.05) is 37.1 Å². The molecule has 0 radical (unpaired) electrons. The minimum Gasteiger partial charge on any atom is -0.256 e. The van der Waals surface area contributed by atoms with E-state index in [9.17, 15) is 0 Å². The molecular formula is C37H23NS. The lowest BCUT2D eigenvalue weighted by molar-refractivity contribution is 1.43. The summed E-state index contributed by atoms with van der Waals surface area (Å²) in [5.74, 6) is 0. The molecule has 8 aromatic rings. The van der Waals surface area contributed by atoms with Gasteiger partial charge in [0.25, 0.3) is 0 Å². The fourth-order valence-corrected chi connectivity index (χ4v) is 7.27. The molecule has 2 heterocycles. The number of nitrogens with zero attached hydrogens (tertiary/aromatic N) is 1. The summed E-state index contributed by atoms with van der Waals surface area (Å²) in [4.78, 5) is 4.78. The van der Waals surface area contributed by atoms with Crippen LogP contribution < -0.4 is 0 Å². The first kappa shape index (κ1) is 22.2. The van der Waals surface area contributed by atoms with E-state index in [2.05, 4.69) is 127 Å². The third kappa shape index (κ3) is 3.57. The van der Waals surface area contributed by atoms with Gasteiger partial charge in [-0.05, 0) is 50.9 Å². The third-order valence-corrected chi connectivity index (χ3v) is 9.00. The second-order valence-corrected chi connectivity index (χ2v) is 11.0. The number of fused-ring (bicyclic) bond motifs is 6. The number of pyridine rings is 1. The highest BCUT2D eigenvalue weighted by molar-refractivity contribution is 7.26. The van der Waals surface area contributed by atoms with Crippen LogP contribution in [0.3, 0.4) is 0 Å². The first-order valence-corrected chi connectivity index (χ1v) is 14.0. The Balaban J connectivity index is 1.34. The van der Waals surface area contributed by atoms with Crippen molar-refractivity contribution in [3.05, 3.63) is 140 Å². The van der Waals surface area contributed by atoms with Gasteiger partial charge in [-0.3, -0.25) is 4.98 Å². The Hall–Kier alpha value is -4.79. The molecule has 2 heteroatoms. The quantitative estimate of drug-likeness (QED) is 0.214. The number of aromatic nitrogens is 1. The maximum Gasteiger partial charge on any atom is 0.0786 e. The monoisotopic (exact) mass is 513 g/mol. The predicted octanol–water partition coefficient (Wildman–Crippen LogP) is 10.8. The number of thiophene rings is 1. The zero-order chi connectivity index (χ0) is 25.8. The number of benzene rings is 6. The first-order valence-electron chi connectivity index (χ1n) is 13.2. The van der Waals surface area contributed by atoms with Crippen LogP contribution in [0.2, 0.25) is 0 Å². The molecular weight excluding hydrogens is 490 g/mol. The Morgan fingerprint density at radius 2 is 1.03 bits per heavy atom.